The maximum absolute atomic E-state index is 12.5. The van der Waals surface area contributed by atoms with E-state index >= 15 is 0 Å². The first-order chi connectivity index (χ1) is 11.1. The average Bonchev–Trinajstić information content (AvgIpc) is 2.58. The Kier molecular flexibility index (Phi) is 3.85. The number of benzene rings is 2. The lowest BCUT2D eigenvalue weighted by molar-refractivity contribution is 0.102. The van der Waals surface area contributed by atoms with Gasteiger partial charge in [-0.05, 0) is 48.9 Å². The van der Waals surface area contributed by atoms with Gasteiger partial charge >= 0.3 is 0 Å². The summed E-state index contributed by atoms with van der Waals surface area (Å²) in [4.78, 5) is 16.8. The molecule has 0 spiro atoms. The summed E-state index contributed by atoms with van der Waals surface area (Å²) in [6.45, 7) is 1.97. The first-order valence-corrected chi connectivity index (χ1v) is 7.13. The van der Waals surface area contributed by atoms with Gasteiger partial charge in [-0.2, -0.15) is 0 Å². The third-order valence-electron chi connectivity index (χ3n) is 3.67. The van der Waals surface area contributed by atoms with Gasteiger partial charge in [-0.1, -0.05) is 6.07 Å². The molecule has 0 aliphatic heterocycles. The van der Waals surface area contributed by atoms with Gasteiger partial charge in [0.25, 0.3) is 5.91 Å². The lowest BCUT2D eigenvalue weighted by atomic mass is 10.1. The third-order valence-corrected chi connectivity index (χ3v) is 3.67. The van der Waals surface area contributed by atoms with Crippen LogP contribution in [0.3, 0.4) is 0 Å². The Morgan fingerprint density at radius 2 is 2.04 bits per heavy atom. The highest BCUT2D eigenvalue weighted by molar-refractivity contribution is 6.10. The lowest BCUT2D eigenvalue weighted by Crippen LogP contribution is -2.12. The number of nitrogens with one attached hydrogen (secondary N) is 1. The average molecular weight is 308 g/mol. The predicted octanol–water partition coefficient (Wildman–Crippen LogP) is 3.51. The van der Waals surface area contributed by atoms with Gasteiger partial charge in [0.1, 0.15) is 11.5 Å². The number of aryl methyl sites for hydroxylation is 1. The van der Waals surface area contributed by atoms with Crippen molar-refractivity contribution in [3.05, 3.63) is 59.8 Å². The number of phenolic OH excluding ortho intramolecular Hbond substituents is 1. The van der Waals surface area contributed by atoms with E-state index in [-0.39, 0.29) is 11.3 Å². The molecule has 1 aromatic heterocycles. The lowest BCUT2D eigenvalue weighted by Gasteiger charge is -2.11. The van der Waals surface area contributed by atoms with Crippen molar-refractivity contribution in [2.75, 3.05) is 12.4 Å². The molecule has 23 heavy (non-hydrogen) atoms. The van der Waals surface area contributed by atoms with E-state index in [1.54, 1.807) is 12.3 Å². The van der Waals surface area contributed by atoms with E-state index in [1.807, 2.05) is 31.2 Å². The Balaban J connectivity index is 2.00. The van der Waals surface area contributed by atoms with Crippen LogP contribution in [0.2, 0.25) is 0 Å². The highest BCUT2D eigenvalue weighted by Gasteiger charge is 2.14. The van der Waals surface area contributed by atoms with E-state index in [0.717, 1.165) is 16.5 Å². The highest BCUT2D eigenvalue weighted by Crippen LogP contribution is 2.27. The number of aromatic hydroxyl groups is 1. The van der Waals surface area contributed by atoms with Crippen molar-refractivity contribution in [1.82, 2.24) is 4.98 Å². The molecule has 0 saturated heterocycles. The van der Waals surface area contributed by atoms with Crippen molar-refractivity contribution in [2.45, 2.75) is 6.92 Å². The number of amides is 1. The summed E-state index contributed by atoms with van der Waals surface area (Å²) in [6, 6.07) is 12.0. The van der Waals surface area contributed by atoms with Crippen LogP contribution >= 0.6 is 0 Å². The van der Waals surface area contributed by atoms with Crippen molar-refractivity contribution in [2.24, 2.45) is 0 Å². The Morgan fingerprint density at radius 3 is 2.83 bits per heavy atom. The van der Waals surface area contributed by atoms with Gasteiger partial charge < -0.3 is 15.2 Å². The molecule has 2 N–H and O–H groups in total. The fourth-order valence-electron chi connectivity index (χ4n) is 2.44. The minimum Gasteiger partial charge on any atom is -0.507 e. The van der Waals surface area contributed by atoms with E-state index < -0.39 is 5.91 Å². The number of anilines is 1. The quantitative estimate of drug-likeness (QED) is 0.776. The number of hydrogen-bond acceptors (Lipinski definition) is 4. The van der Waals surface area contributed by atoms with Crippen LogP contribution in [0.25, 0.3) is 10.9 Å². The normalized spacial score (nSPS) is 10.5. The van der Waals surface area contributed by atoms with Gasteiger partial charge in [-0.25, -0.2) is 0 Å². The molecule has 1 heterocycles. The molecule has 5 nitrogen and oxygen atoms in total. The van der Waals surface area contributed by atoms with E-state index in [2.05, 4.69) is 10.3 Å². The number of methoxy groups -OCH3 is 1. The Bertz CT molecular complexity index is 891. The summed E-state index contributed by atoms with van der Waals surface area (Å²) in [7, 11) is 1.51. The SMILES string of the molecule is COc1ccc(O)c(C(=O)Nc2ccc(C)c3ncccc23)c1. The van der Waals surface area contributed by atoms with E-state index in [9.17, 15) is 9.90 Å². The van der Waals surface area contributed by atoms with Crippen LogP contribution < -0.4 is 10.1 Å². The van der Waals surface area contributed by atoms with Crippen molar-refractivity contribution >= 4 is 22.5 Å². The van der Waals surface area contributed by atoms with Crippen LogP contribution in [0.4, 0.5) is 5.69 Å². The number of fused-ring (bicyclic) bond motifs is 1. The molecular weight excluding hydrogens is 292 g/mol. The molecule has 0 fully saturated rings. The summed E-state index contributed by atoms with van der Waals surface area (Å²) < 4.78 is 5.10. The fraction of sp³-hybridized carbons (Fsp3) is 0.111. The number of pyridine rings is 1. The smallest absolute Gasteiger partial charge is 0.259 e. The molecule has 1 amide bonds. The van der Waals surface area contributed by atoms with Crippen molar-refractivity contribution in [1.29, 1.82) is 0 Å². The minimum atomic E-state index is -0.407. The zero-order valence-corrected chi connectivity index (χ0v) is 12.8. The molecule has 0 aliphatic carbocycles. The maximum atomic E-state index is 12.5. The van der Waals surface area contributed by atoms with E-state index in [4.69, 9.17) is 4.74 Å². The van der Waals surface area contributed by atoms with Crippen molar-refractivity contribution in [3.8, 4) is 11.5 Å². The van der Waals surface area contributed by atoms with Crippen molar-refractivity contribution < 1.29 is 14.6 Å². The Morgan fingerprint density at radius 1 is 1.22 bits per heavy atom. The molecule has 0 radical (unpaired) electrons. The van der Waals surface area contributed by atoms with Gasteiger partial charge in [0.2, 0.25) is 0 Å². The minimum absolute atomic E-state index is 0.0992. The molecule has 3 rings (SSSR count). The second-order valence-electron chi connectivity index (χ2n) is 5.17. The predicted molar refractivity (Wildman–Crippen MR) is 89.1 cm³/mol. The Labute approximate surface area is 133 Å². The number of rotatable bonds is 3. The summed E-state index contributed by atoms with van der Waals surface area (Å²) in [5.74, 6) is -0.00312. The largest absolute Gasteiger partial charge is 0.507 e. The van der Waals surface area contributed by atoms with Crippen LogP contribution in [0.1, 0.15) is 15.9 Å². The number of carbonyl (C=O) groups is 1. The molecule has 0 saturated carbocycles. The molecule has 0 aliphatic rings. The van der Waals surface area contributed by atoms with Crippen LogP contribution in [0.15, 0.2) is 48.7 Å². The number of ether oxygens (including phenoxy) is 1. The fourth-order valence-corrected chi connectivity index (χ4v) is 2.44. The van der Waals surface area contributed by atoms with Crippen LogP contribution in [-0.4, -0.2) is 23.1 Å². The number of nitrogens with zero attached hydrogens (tertiary/aromatic N) is 1. The third kappa shape index (κ3) is 2.81. The second kappa shape index (κ2) is 5.96. The molecule has 2 aromatic carbocycles. The summed E-state index contributed by atoms with van der Waals surface area (Å²) >= 11 is 0. The van der Waals surface area contributed by atoms with Crippen molar-refractivity contribution in [3.63, 3.8) is 0 Å². The topological polar surface area (TPSA) is 71.5 Å². The number of carbonyl (C=O) groups excluding carboxylic acids is 1. The Hall–Kier alpha value is -3.08. The summed E-state index contributed by atoms with van der Waals surface area (Å²) in [5.41, 5.74) is 2.66. The summed E-state index contributed by atoms with van der Waals surface area (Å²) in [5, 5.41) is 13.6. The molecule has 116 valence electrons. The maximum Gasteiger partial charge on any atom is 0.259 e. The van der Waals surface area contributed by atoms with Crippen LogP contribution in [0, 0.1) is 6.92 Å². The van der Waals surface area contributed by atoms with Gasteiger partial charge in [0, 0.05) is 11.6 Å². The zero-order valence-electron chi connectivity index (χ0n) is 12.8. The molecule has 0 unspecified atom stereocenters. The molecule has 0 bridgehead atoms. The number of aromatic nitrogens is 1. The monoisotopic (exact) mass is 308 g/mol. The first-order valence-electron chi connectivity index (χ1n) is 7.13. The van der Waals surface area contributed by atoms with Gasteiger partial charge in [-0.3, -0.25) is 9.78 Å². The zero-order chi connectivity index (χ0) is 16.4. The molecule has 0 atom stereocenters. The van der Waals surface area contributed by atoms with Gasteiger partial charge in [0.15, 0.2) is 0 Å². The molecule has 5 heteroatoms. The molecular formula is C18H16N2O3. The van der Waals surface area contributed by atoms with Crippen LogP contribution in [-0.2, 0) is 0 Å². The molecule has 3 aromatic rings. The first kappa shape index (κ1) is 14.8. The second-order valence-corrected chi connectivity index (χ2v) is 5.17. The van der Waals surface area contributed by atoms with E-state index in [0.29, 0.717) is 11.4 Å². The van der Waals surface area contributed by atoms with Crippen LogP contribution in [0.5, 0.6) is 11.5 Å². The number of phenols is 1. The highest BCUT2D eigenvalue weighted by atomic mass is 16.5. The van der Waals surface area contributed by atoms with Gasteiger partial charge in [-0.15, -0.1) is 0 Å². The standard InChI is InChI=1S/C18H16N2O3/c1-11-5-7-15(13-4-3-9-19-17(11)13)20-18(22)14-10-12(23-2)6-8-16(14)21/h3-10,21H,1-2H3,(H,20,22). The summed E-state index contributed by atoms with van der Waals surface area (Å²) in [6.07, 6.45) is 1.72. The number of hydrogen-bond donors (Lipinski definition) is 2. The van der Waals surface area contributed by atoms with E-state index in [1.165, 1.54) is 19.2 Å². The van der Waals surface area contributed by atoms with Gasteiger partial charge in [0.05, 0.1) is 23.9 Å².